The Bertz CT molecular complexity index is 139. The summed E-state index contributed by atoms with van der Waals surface area (Å²) in [5.41, 5.74) is 0. The number of hydrogen-bond donors (Lipinski definition) is 2. The van der Waals surface area contributed by atoms with Gasteiger partial charge in [-0.3, -0.25) is 4.79 Å². The van der Waals surface area contributed by atoms with E-state index in [1.54, 1.807) is 0 Å². The van der Waals surface area contributed by atoms with E-state index in [1.807, 2.05) is 6.92 Å². The summed E-state index contributed by atoms with van der Waals surface area (Å²) in [6, 6.07) is 0.0625. The molecule has 0 aromatic rings. The van der Waals surface area contributed by atoms with Crippen molar-refractivity contribution in [3.8, 4) is 0 Å². The Hall–Kier alpha value is -0.570. The molecule has 0 aliphatic carbocycles. The monoisotopic (exact) mass is 170 g/mol. The van der Waals surface area contributed by atoms with Crippen LogP contribution in [0.5, 0.6) is 0 Å². The lowest BCUT2D eigenvalue weighted by Gasteiger charge is -2.14. The smallest absolute Gasteiger partial charge is 0.237 e. The molecule has 1 aliphatic heterocycles. The first-order chi connectivity index (χ1) is 5.84. The lowest BCUT2D eigenvalue weighted by Crippen LogP contribution is -2.43. The van der Waals surface area contributed by atoms with Crippen LogP contribution in [0.15, 0.2) is 0 Å². The molecular weight excluding hydrogens is 152 g/mol. The van der Waals surface area contributed by atoms with Crippen molar-refractivity contribution < 1.29 is 4.79 Å². The maximum atomic E-state index is 11.4. The minimum Gasteiger partial charge on any atom is -0.355 e. The standard InChI is InChI=1S/C9H18N2O/c1-2-10-9(12)8-6-4-3-5-7-11-8/h8,11H,2-7H2,1H3,(H,10,12)/t8-/m0/s1. The van der Waals surface area contributed by atoms with Crippen molar-refractivity contribution in [1.29, 1.82) is 0 Å². The fourth-order valence-corrected chi connectivity index (χ4v) is 1.55. The van der Waals surface area contributed by atoms with Crippen molar-refractivity contribution in [1.82, 2.24) is 10.6 Å². The zero-order valence-electron chi connectivity index (χ0n) is 7.73. The fraction of sp³-hybridized carbons (Fsp3) is 0.889. The number of hydrogen-bond acceptors (Lipinski definition) is 2. The van der Waals surface area contributed by atoms with Gasteiger partial charge in [-0.25, -0.2) is 0 Å². The molecule has 0 radical (unpaired) electrons. The minimum absolute atomic E-state index is 0.0625. The summed E-state index contributed by atoms with van der Waals surface area (Å²) in [4.78, 5) is 11.4. The molecule has 3 heteroatoms. The maximum Gasteiger partial charge on any atom is 0.237 e. The minimum atomic E-state index is 0.0625. The molecule has 0 unspecified atom stereocenters. The molecule has 2 N–H and O–H groups in total. The summed E-state index contributed by atoms with van der Waals surface area (Å²) >= 11 is 0. The van der Waals surface area contributed by atoms with Gasteiger partial charge in [-0.2, -0.15) is 0 Å². The highest BCUT2D eigenvalue weighted by Crippen LogP contribution is 2.07. The van der Waals surface area contributed by atoms with Gasteiger partial charge in [0.1, 0.15) is 0 Å². The quantitative estimate of drug-likeness (QED) is 0.639. The third kappa shape index (κ3) is 2.81. The van der Waals surface area contributed by atoms with Crippen LogP contribution in [0.2, 0.25) is 0 Å². The van der Waals surface area contributed by atoms with E-state index < -0.39 is 0 Å². The Morgan fingerprint density at radius 3 is 3.08 bits per heavy atom. The van der Waals surface area contributed by atoms with Crippen LogP contribution in [0.3, 0.4) is 0 Å². The van der Waals surface area contributed by atoms with Gasteiger partial charge < -0.3 is 10.6 Å². The summed E-state index contributed by atoms with van der Waals surface area (Å²) in [6.45, 7) is 3.67. The van der Waals surface area contributed by atoms with E-state index in [2.05, 4.69) is 10.6 Å². The lowest BCUT2D eigenvalue weighted by molar-refractivity contribution is -0.123. The molecule has 0 saturated carbocycles. The molecule has 1 aliphatic rings. The van der Waals surface area contributed by atoms with Gasteiger partial charge in [0.25, 0.3) is 0 Å². The zero-order chi connectivity index (χ0) is 8.81. The molecule has 12 heavy (non-hydrogen) atoms. The van der Waals surface area contributed by atoms with Gasteiger partial charge in [0, 0.05) is 6.54 Å². The Kier molecular flexibility index (Phi) is 4.08. The summed E-state index contributed by atoms with van der Waals surface area (Å²) < 4.78 is 0. The van der Waals surface area contributed by atoms with Gasteiger partial charge in [0.05, 0.1) is 6.04 Å². The first kappa shape index (κ1) is 9.52. The first-order valence-electron chi connectivity index (χ1n) is 4.85. The van der Waals surface area contributed by atoms with Crippen LogP contribution >= 0.6 is 0 Å². The fourth-order valence-electron chi connectivity index (χ4n) is 1.55. The highest BCUT2D eigenvalue weighted by Gasteiger charge is 2.17. The van der Waals surface area contributed by atoms with Crippen LogP contribution in [0.25, 0.3) is 0 Å². The number of amides is 1. The average molecular weight is 170 g/mol. The second-order valence-corrected chi connectivity index (χ2v) is 3.25. The van der Waals surface area contributed by atoms with Crippen molar-refractivity contribution >= 4 is 5.91 Å². The van der Waals surface area contributed by atoms with E-state index in [0.717, 1.165) is 19.5 Å². The predicted octanol–water partition coefficient (Wildman–Crippen LogP) is 0.655. The zero-order valence-corrected chi connectivity index (χ0v) is 7.73. The van der Waals surface area contributed by atoms with Crippen molar-refractivity contribution in [2.75, 3.05) is 13.1 Å². The molecule has 0 spiro atoms. The molecule has 0 aromatic heterocycles. The first-order valence-corrected chi connectivity index (χ1v) is 4.85. The van der Waals surface area contributed by atoms with Crippen molar-refractivity contribution in [3.63, 3.8) is 0 Å². The van der Waals surface area contributed by atoms with Crippen molar-refractivity contribution in [2.45, 2.75) is 38.6 Å². The molecule has 0 aromatic carbocycles. The second kappa shape index (κ2) is 5.14. The molecule has 1 rings (SSSR count). The van der Waals surface area contributed by atoms with E-state index in [1.165, 1.54) is 19.3 Å². The third-order valence-corrected chi connectivity index (χ3v) is 2.23. The Labute approximate surface area is 73.9 Å². The molecular formula is C9H18N2O. The van der Waals surface area contributed by atoms with Crippen LogP contribution in [-0.4, -0.2) is 25.0 Å². The normalized spacial score (nSPS) is 24.6. The Morgan fingerprint density at radius 2 is 2.33 bits per heavy atom. The highest BCUT2D eigenvalue weighted by molar-refractivity contribution is 5.81. The molecule has 1 fully saturated rings. The van der Waals surface area contributed by atoms with Gasteiger partial charge >= 0.3 is 0 Å². The van der Waals surface area contributed by atoms with Crippen LogP contribution < -0.4 is 10.6 Å². The molecule has 0 bridgehead atoms. The van der Waals surface area contributed by atoms with Crippen LogP contribution in [-0.2, 0) is 4.79 Å². The number of carbonyl (C=O) groups excluding carboxylic acids is 1. The molecule has 1 amide bonds. The van der Waals surface area contributed by atoms with Crippen molar-refractivity contribution in [2.24, 2.45) is 0 Å². The van der Waals surface area contributed by atoms with Crippen LogP contribution in [0.1, 0.15) is 32.6 Å². The summed E-state index contributed by atoms with van der Waals surface area (Å²) in [5, 5.41) is 6.10. The summed E-state index contributed by atoms with van der Waals surface area (Å²) in [5.74, 6) is 0.166. The van der Waals surface area contributed by atoms with Crippen molar-refractivity contribution in [3.05, 3.63) is 0 Å². The molecule has 1 saturated heterocycles. The van der Waals surface area contributed by atoms with Gasteiger partial charge in [0.15, 0.2) is 0 Å². The maximum absolute atomic E-state index is 11.4. The van der Waals surface area contributed by atoms with E-state index in [-0.39, 0.29) is 11.9 Å². The summed E-state index contributed by atoms with van der Waals surface area (Å²) in [7, 11) is 0. The SMILES string of the molecule is CCNC(=O)[C@@H]1CCCCCN1. The molecule has 1 heterocycles. The molecule has 70 valence electrons. The van der Waals surface area contributed by atoms with Crippen LogP contribution in [0.4, 0.5) is 0 Å². The van der Waals surface area contributed by atoms with E-state index in [4.69, 9.17) is 0 Å². The lowest BCUT2D eigenvalue weighted by atomic mass is 10.1. The molecule has 1 atom stereocenters. The number of nitrogens with one attached hydrogen (secondary N) is 2. The topological polar surface area (TPSA) is 41.1 Å². The van der Waals surface area contributed by atoms with Gasteiger partial charge in [-0.1, -0.05) is 12.8 Å². The second-order valence-electron chi connectivity index (χ2n) is 3.25. The predicted molar refractivity (Wildman–Crippen MR) is 48.9 cm³/mol. The van der Waals surface area contributed by atoms with Gasteiger partial charge in [0.2, 0.25) is 5.91 Å². The Balaban J connectivity index is 2.32. The van der Waals surface area contributed by atoms with E-state index in [0.29, 0.717) is 0 Å². The number of rotatable bonds is 2. The average Bonchev–Trinajstić information content (AvgIpc) is 2.32. The highest BCUT2D eigenvalue weighted by atomic mass is 16.2. The van der Waals surface area contributed by atoms with Gasteiger partial charge in [-0.15, -0.1) is 0 Å². The number of carbonyl (C=O) groups is 1. The Morgan fingerprint density at radius 1 is 1.50 bits per heavy atom. The van der Waals surface area contributed by atoms with E-state index in [9.17, 15) is 4.79 Å². The third-order valence-electron chi connectivity index (χ3n) is 2.23. The van der Waals surface area contributed by atoms with Crippen LogP contribution in [0, 0.1) is 0 Å². The number of likely N-dealkylation sites (N-methyl/N-ethyl adjacent to an activating group) is 1. The van der Waals surface area contributed by atoms with E-state index >= 15 is 0 Å². The largest absolute Gasteiger partial charge is 0.355 e. The summed E-state index contributed by atoms with van der Waals surface area (Å²) in [6.07, 6.45) is 4.62. The van der Waals surface area contributed by atoms with Gasteiger partial charge in [-0.05, 0) is 26.3 Å². The molecule has 3 nitrogen and oxygen atoms in total.